The van der Waals surface area contributed by atoms with Crippen LogP contribution in [0.5, 0.6) is 0 Å². The van der Waals surface area contributed by atoms with Crippen LogP contribution in [0.15, 0.2) is 0 Å². The van der Waals surface area contributed by atoms with Crippen molar-refractivity contribution in [1.29, 1.82) is 0 Å². The average molecular weight is 601 g/mol. The SMILES string of the molecule is CCCCCCCCCCCCCCCCCC(=O)[O][Zn].[BaH2].[Cd]. The van der Waals surface area contributed by atoms with E-state index in [2.05, 4.69) is 6.92 Å². The van der Waals surface area contributed by atoms with Gasteiger partial charge in [0.2, 0.25) is 0 Å². The van der Waals surface area contributed by atoms with Crippen molar-refractivity contribution in [3.8, 4) is 0 Å². The molecule has 0 aromatic rings. The smallest absolute Gasteiger partial charge is 0 e. The van der Waals surface area contributed by atoms with Crippen LogP contribution in [-0.4, -0.2) is 54.9 Å². The van der Waals surface area contributed by atoms with Gasteiger partial charge in [-0.15, -0.1) is 0 Å². The summed E-state index contributed by atoms with van der Waals surface area (Å²) in [6.07, 6.45) is 21.1. The molecule has 0 N–H and O–H groups in total. The van der Waals surface area contributed by atoms with Crippen molar-refractivity contribution < 1.29 is 54.3 Å². The average Bonchev–Trinajstić information content (AvgIpc) is 2.50. The molecule has 0 heterocycles. The van der Waals surface area contributed by atoms with E-state index in [0.29, 0.717) is 25.1 Å². The number of carbonyl (C=O) groups excluding carboxylic acids is 1. The van der Waals surface area contributed by atoms with Crippen LogP contribution in [0.2, 0.25) is 0 Å². The van der Waals surface area contributed by atoms with E-state index in [9.17, 15) is 4.79 Å². The van der Waals surface area contributed by atoms with Gasteiger partial charge in [-0.1, -0.05) is 45.4 Å². The van der Waals surface area contributed by atoms with Gasteiger partial charge in [0.15, 0.2) is 0 Å². The molecule has 0 aromatic heterocycles. The van der Waals surface area contributed by atoms with E-state index < -0.39 is 0 Å². The van der Waals surface area contributed by atoms with E-state index in [1.807, 2.05) is 0 Å². The number of carbonyl (C=O) groups is 1. The van der Waals surface area contributed by atoms with Crippen LogP contribution in [0.4, 0.5) is 0 Å². The summed E-state index contributed by atoms with van der Waals surface area (Å²) in [7, 11) is 0. The molecule has 2 nitrogen and oxygen atoms in total. The Hall–Kier alpha value is 2.59. The summed E-state index contributed by atoms with van der Waals surface area (Å²) >= 11 is 0.636. The fourth-order valence-electron chi connectivity index (χ4n) is 2.71. The molecule has 0 rings (SSSR count). The molecule has 5 heteroatoms. The van der Waals surface area contributed by atoms with E-state index in [0.717, 1.165) is 6.42 Å². The third-order valence-electron chi connectivity index (χ3n) is 4.15. The van der Waals surface area contributed by atoms with Gasteiger partial charge in [0.1, 0.15) is 0 Å². The molecule has 0 aromatic carbocycles. The molecule has 0 saturated heterocycles. The largest absolute Gasteiger partial charge is 0 e. The second-order valence-corrected chi connectivity index (χ2v) is 6.82. The summed E-state index contributed by atoms with van der Waals surface area (Å²) in [5, 5.41) is 0. The maximum atomic E-state index is 11.0. The van der Waals surface area contributed by atoms with Crippen LogP contribution >= 0.6 is 0 Å². The van der Waals surface area contributed by atoms with E-state index in [1.54, 1.807) is 0 Å². The minimum absolute atomic E-state index is 0. The molecule has 0 aliphatic heterocycles. The van der Waals surface area contributed by atoms with Crippen molar-refractivity contribution in [3.63, 3.8) is 0 Å². The van der Waals surface area contributed by atoms with Crippen molar-refractivity contribution >= 4 is 54.9 Å². The summed E-state index contributed by atoms with van der Waals surface area (Å²) in [5.41, 5.74) is 0. The first kappa shape index (κ1) is 30.3. The molecule has 0 bridgehead atoms. The van der Waals surface area contributed by atoms with E-state index >= 15 is 0 Å². The fourth-order valence-corrected chi connectivity index (χ4v) is 3.02. The van der Waals surface area contributed by atoms with Crippen molar-refractivity contribution in [2.24, 2.45) is 0 Å². The first-order valence-electron chi connectivity index (χ1n) is 9.26. The van der Waals surface area contributed by atoms with E-state index in [-0.39, 0.29) is 82.1 Å². The second-order valence-electron chi connectivity index (χ2n) is 6.22. The molecule has 0 spiro atoms. The summed E-state index contributed by atoms with van der Waals surface area (Å²) in [4.78, 5) is 11.0. The summed E-state index contributed by atoms with van der Waals surface area (Å²) in [5.74, 6) is -0.00954. The first-order chi connectivity index (χ1) is 10.3. The minimum Gasteiger partial charge on any atom is 0 e. The van der Waals surface area contributed by atoms with E-state index in [1.165, 1.54) is 89.9 Å². The number of unbranched alkanes of at least 4 members (excludes halogenated alkanes) is 14. The normalized spacial score (nSPS) is 9.87. The molecule has 0 fully saturated rings. The van der Waals surface area contributed by atoms with Crippen LogP contribution in [-0.2, 0) is 54.3 Å². The van der Waals surface area contributed by atoms with Crippen LogP contribution in [0.25, 0.3) is 0 Å². The summed E-state index contributed by atoms with van der Waals surface area (Å²) < 4.78 is 4.76. The van der Waals surface area contributed by atoms with Crippen LogP contribution < -0.4 is 0 Å². The molecule has 23 heavy (non-hydrogen) atoms. The van der Waals surface area contributed by atoms with Crippen molar-refractivity contribution in [3.05, 3.63) is 0 Å². The Balaban J connectivity index is -0.00000200. The van der Waals surface area contributed by atoms with Crippen LogP contribution in [0, 0.1) is 0 Å². The number of hydrogen-bond donors (Lipinski definition) is 0. The summed E-state index contributed by atoms with van der Waals surface area (Å²) in [6.45, 7) is 2.28. The number of hydrogen-bond acceptors (Lipinski definition) is 2. The van der Waals surface area contributed by atoms with Gasteiger partial charge in [0.05, 0.1) is 0 Å². The fraction of sp³-hybridized carbons (Fsp3) is 0.944. The number of rotatable bonds is 16. The Morgan fingerprint density at radius 2 is 1.00 bits per heavy atom. The third-order valence-corrected chi connectivity index (χ3v) is 4.82. The predicted octanol–water partition coefficient (Wildman–Crippen LogP) is 5.33. The van der Waals surface area contributed by atoms with Gasteiger partial charge in [0.25, 0.3) is 0 Å². The van der Waals surface area contributed by atoms with Crippen molar-refractivity contribution in [1.82, 2.24) is 0 Å². The third kappa shape index (κ3) is 26.9. The van der Waals surface area contributed by atoms with Crippen LogP contribution in [0.1, 0.15) is 110 Å². The molecule has 0 saturated carbocycles. The van der Waals surface area contributed by atoms with Gasteiger partial charge in [-0.2, -0.15) is 0 Å². The summed E-state index contributed by atoms with van der Waals surface area (Å²) in [6, 6.07) is 0. The zero-order valence-corrected chi connectivity index (χ0v) is 22.0. The van der Waals surface area contributed by atoms with Gasteiger partial charge >= 0.3 is 146 Å². The second kappa shape index (κ2) is 26.8. The standard InChI is InChI=1S/C18H36O2.Ba.Cd.Zn.2H/c1-2-3-4-5-6-7-8-9-10-11-12-13-14-15-16-17-18(19)20;;;;;/h2-17H2,1H3,(H,19,20);;;;;/q;;;+1;;/p-1. The monoisotopic (exact) mass is 601 g/mol. The first-order valence-corrected chi connectivity index (χ1v) is 10.5. The molecule has 0 unspecified atom stereocenters. The maximum Gasteiger partial charge on any atom is 0 e. The molecule has 0 aliphatic rings. The Morgan fingerprint density at radius 1 is 0.696 bits per heavy atom. The molecule has 0 radical (unpaired) electrons. The topological polar surface area (TPSA) is 26.3 Å². The van der Waals surface area contributed by atoms with Crippen LogP contribution in [0.3, 0.4) is 0 Å². The zero-order valence-electron chi connectivity index (χ0n) is 15.0. The van der Waals surface area contributed by atoms with Crippen molar-refractivity contribution in [2.75, 3.05) is 0 Å². The van der Waals surface area contributed by atoms with Gasteiger partial charge in [-0.25, -0.2) is 0 Å². The Morgan fingerprint density at radius 3 is 1.30 bits per heavy atom. The molecule has 0 amide bonds. The Labute approximate surface area is 215 Å². The molecule has 0 atom stereocenters. The Kier molecular flexibility index (Phi) is 35.3. The van der Waals surface area contributed by atoms with Gasteiger partial charge in [-0.3, -0.25) is 0 Å². The van der Waals surface area contributed by atoms with Gasteiger partial charge < -0.3 is 0 Å². The Bertz CT molecular complexity index is 231. The van der Waals surface area contributed by atoms with Gasteiger partial charge in [-0.05, 0) is 0 Å². The van der Waals surface area contributed by atoms with E-state index in [4.69, 9.17) is 3.56 Å². The maximum absolute atomic E-state index is 11.0. The molecular weight excluding hydrogens is 563 g/mol. The molecular formula is C18H37BaCdO2Zn. The molecule has 127 valence electrons. The van der Waals surface area contributed by atoms with Crippen molar-refractivity contribution in [2.45, 2.75) is 110 Å². The zero-order chi connectivity index (χ0) is 15.6. The quantitative estimate of drug-likeness (QED) is 0.177. The minimum atomic E-state index is -0.00954. The van der Waals surface area contributed by atoms with Gasteiger partial charge in [0, 0.05) is 27.3 Å². The molecule has 0 aliphatic carbocycles. The predicted molar refractivity (Wildman–Crippen MR) is 94.2 cm³/mol.